The lowest BCUT2D eigenvalue weighted by Gasteiger charge is -2.30. The third-order valence-corrected chi connectivity index (χ3v) is 8.51. The Hall–Kier alpha value is -2.29. The average molecular weight is 444 g/mol. The van der Waals surface area contributed by atoms with Gasteiger partial charge in [-0.05, 0) is 49.2 Å². The van der Waals surface area contributed by atoms with Crippen LogP contribution in [0, 0.1) is 5.92 Å². The average Bonchev–Trinajstić information content (AvgIpc) is 3.18. The Bertz CT molecular complexity index is 1110. The van der Waals surface area contributed by atoms with E-state index in [1.165, 1.54) is 4.70 Å². The fourth-order valence-electron chi connectivity index (χ4n) is 3.55. The summed E-state index contributed by atoms with van der Waals surface area (Å²) in [5, 5.41) is 3.88. The zero-order valence-electron chi connectivity index (χ0n) is 17.0. The minimum atomic E-state index is -3.55. The van der Waals surface area contributed by atoms with E-state index in [9.17, 15) is 13.2 Å². The van der Waals surface area contributed by atoms with Crippen molar-refractivity contribution in [2.24, 2.45) is 5.92 Å². The van der Waals surface area contributed by atoms with E-state index in [4.69, 9.17) is 4.98 Å². The molecule has 6 nitrogen and oxygen atoms in total. The quantitative estimate of drug-likeness (QED) is 0.631. The Morgan fingerprint density at radius 1 is 1.10 bits per heavy atom. The van der Waals surface area contributed by atoms with Gasteiger partial charge in [-0.25, -0.2) is 13.4 Å². The number of fused-ring (bicyclic) bond motifs is 1. The molecule has 8 heteroatoms. The van der Waals surface area contributed by atoms with Gasteiger partial charge in [-0.3, -0.25) is 4.79 Å². The van der Waals surface area contributed by atoms with Gasteiger partial charge in [0.05, 0.1) is 20.1 Å². The van der Waals surface area contributed by atoms with Crippen LogP contribution in [0.15, 0.2) is 53.4 Å². The molecule has 0 bridgehead atoms. The molecule has 1 aliphatic heterocycles. The highest BCUT2D eigenvalue weighted by atomic mass is 32.2. The zero-order chi connectivity index (χ0) is 21.3. The normalized spacial score (nSPS) is 16.2. The van der Waals surface area contributed by atoms with E-state index >= 15 is 0 Å². The van der Waals surface area contributed by atoms with Crippen LogP contribution in [0.4, 0.5) is 5.69 Å². The summed E-state index contributed by atoms with van der Waals surface area (Å²) in [6.45, 7) is 4.59. The summed E-state index contributed by atoms with van der Waals surface area (Å²) >= 11 is 1.70. The van der Waals surface area contributed by atoms with Crippen LogP contribution in [0.1, 0.15) is 37.6 Å². The summed E-state index contributed by atoms with van der Waals surface area (Å²) in [7, 11) is -3.55. The van der Waals surface area contributed by atoms with Crippen molar-refractivity contribution in [3.63, 3.8) is 0 Å². The Morgan fingerprint density at radius 2 is 1.77 bits per heavy atom. The second kappa shape index (κ2) is 8.45. The van der Waals surface area contributed by atoms with Gasteiger partial charge in [0.2, 0.25) is 15.9 Å². The van der Waals surface area contributed by atoms with Crippen molar-refractivity contribution in [3.05, 3.63) is 53.5 Å². The molecule has 30 heavy (non-hydrogen) atoms. The van der Waals surface area contributed by atoms with Gasteiger partial charge in [0.15, 0.2) is 0 Å². The van der Waals surface area contributed by atoms with E-state index in [0.29, 0.717) is 24.7 Å². The molecule has 2 heterocycles. The first-order valence-electron chi connectivity index (χ1n) is 10.1. The first kappa shape index (κ1) is 21.0. The molecule has 1 N–H and O–H groups in total. The largest absolute Gasteiger partial charge is 0.326 e. The minimum Gasteiger partial charge on any atom is -0.326 e. The van der Waals surface area contributed by atoms with Crippen LogP contribution in [-0.2, 0) is 14.8 Å². The van der Waals surface area contributed by atoms with E-state index in [-0.39, 0.29) is 16.7 Å². The highest BCUT2D eigenvalue weighted by Gasteiger charge is 2.31. The first-order chi connectivity index (χ1) is 14.3. The highest BCUT2D eigenvalue weighted by Crippen LogP contribution is 2.35. The summed E-state index contributed by atoms with van der Waals surface area (Å²) in [5.74, 6) is 0.0649. The maximum absolute atomic E-state index is 13.0. The van der Waals surface area contributed by atoms with Gasteiger partial charge in [-0.15, -0.1) is 11.3 Å². The molecule has 1 fully saturated rings. The lowest BCUT2D eigenvalue weighted by Crippen LogP contribution is -2.37. The molecule has 1 saturated heterocycles. The molecule has 4 rings (SSSR count). The number of sulfonamides is 1. The number of para-hydroxylation sites is 1. The summed E-state index contributed by atoms with van der Waals surface area (Å²) in [5.41, 5.74) is 1.61. The number of amides is 1. The number of piperidine rings is 1. The molecule has 0 saturated carbocycles. The predicted octanol–water partition coefficient (Wildman–Crippen LogP) is 4.46. The van der Waals surface area contributed by atoms with Crippen LogP contribution in [-0.4, -0.2) is 36.7 Å². The van der Waals surface area contributed by atoms with Gasteiger partial charge < -0.3 is 5.32 Å². The van der Waals surface area contributed by atoms with E-state index in [1.807, 2.05) is 32.0 Å². The van der Waals surface area contributed by atoms with Crippen molar-refractivity contribution in [2.75, 3.05) is 18.4 Å². The van der Waals surface area contributed by atoms with Crippen LogP contribution < -0.4 is 5.32 Å². The van der Waals surface area contributed by atoms with E-state index in [0.717, 1.165) is 23.4 Å². The van der Waals surface area contributed by atoms with Gasteiger partial charge in [0.1, 0.15) is 0 Å². The summed E-state index contributed by atoms with van der Waals surface area (Å²) in [6.07, 6.45) is 1.53. The summed E-state index contributed by atoms with van der Waals surface area (Å²) < 4.78 is 28.8. The number of anilines is 1. The maximum Gasteiger partial charge on any atom is 0.243 e. The fraction of sp³-hybridized carbons (Fsp3) is 0.364. The standard InChI is InChI=1S/C22H25N3O3S2/c1-15(2)21(26)23-17-7-9-18(10-8-17)30(27,28)25-13-11-16(12-14-25)22-24-19-5-3-4-6-20(19)29-22/h3-10,15-16H,11-14H2,1-2H3,(H,23,26). The Labute approximate surface area is 181 Å². The lowest BCUT2D eigenvalue weighted by molar-refractivity contribution is -0.118. The lowest BCUT2D eigenvalue weighted by atomic mass is 9.99. The number of hydrogen-bond acceptors (Lipinski definition) is 5. The monoisotopic (exact) mass is 443 g/mol. The molecule has 3 aromatic rings. The van der Waals surface area contributed by atoms with E-state index in [1.54, 1.807) is 39.9 Å². The van der Waals surface area contributed by atoms with Crippen molar-refractivity contribution >= 4 is 43.2 Å². The molecule has 1 aromatic heterocycles. The number of rotatable bonds is 5. The second-order valence-electron chi connectivity index (χ2n) is 7.87. The molecular formula is C22H25N3O3S2. The van der Waals surface area contributed by atoms with Gasteiger partial charge in [0, 0.05) is 30.6 Å². The SMILES string of the molecule is CC(C)C(=O)Nc1ccc(S(=O)(=O)N2CCC(c3nc4ccccc4s3)CC2)cc1. The number of aromatic nitrogens is 1. The topological polar surface area (TPSA) is 79.4 Å². The second-order valence-corrected chi connectivity index (χ2v) is 10.9. The summed E-state index contributed by atoms with van der Waals surface area (Å²) in [6, 6.07) is 14.5. The first-order valence-corrected chi connectivity index (χ1v) is 12.4. The Morgan fingerprint density at radius 3 is 2.40 bits per heavy atom. The molecule has 0 radical (unpaired) electrons. The minimum absolute atomic E-state index is 0.0949. The molecule has 158 valence electrons. The number of hydrogen-bond donors (Lipinski definition) is 1. The number of benzene rings is 2. The third-order valence-electron chi connectivity index (χ3n) is 5.40. The van der Waals surface area contributed by atoms with E-state index in [2.05, 4.69) is 11.4 Å². The number of carbonyl (C=O) groups excluding carboxylic acids is 1. The predicted molar refractivity (Wildman–Crippen MR) is 120 cm³/mol. The molecule has 0 aliphatic carbocycles. The molecular weight excluding hydrogens is 418 g/mol. The van der Waals surface area contributed by atoms with Crippen LogP contribution in [0.5, 0.6) is 0 Å². The van der Waals surface area contributed by atoms with Crippen LogP contribution in [0.3, 0.4) is 0 Å². The molecule has 1 amide bonds. The zero-order valence-corrected chi connectivity index (χ0v) is 18.7. The van der Waals surface area contributed by atoms with Crippen LogP contribution >= 0.6 is 11.3 Å². The third kappa shape index (κ3) is 4.26. The summed E-state index contributed by atoms with van der Waals surface area (Å²) in [4.78, 5) is 16.8. The van der Waals surface area contributed by atoms with Crippen LogP contribution in [0.25, 0.3) is 10.2 Å². The molecule has 0 spiro atoms. The maximum atomic E-state index is 13.0. The Kier molecular flexibility index (Phi) is 5.90. The fourth-order valence-corrected chi connectivity index (χ4v) is 6.16. The van der Waals surface area contributed by atoms with Crippen molar-refractivity contribution in [2.45, 2.75) is 37.5 Å². The number of nitrogens with zero attached hydrogens (tertiary/aromatic N) is 2. The molecule has 2 aromatic carbocycles. The smallest absolute Gasteiger partial charge is 0.243 e. The Balaban J connectivity index is 1.42. The van der Waals surface area contributed by atoms with Gasteiger partial charge in [-0.1, -0.05) is 26.0 Å². The van der Waals surface area contributed by atoms with Gasteiger partial charge in [0.25, 0.3) is 0 Å². The number of carbonyl (C=O) groups is 1. The van der Waals surface area contributed by atoms with Crippen molar-refractivity contribution in [3.8, 4) is 0 Å². The van der Waals surface area contributed by atoms with Crippen molar-refractivity contribution in [1.29, 1.82) is 0 Å². The highest BCUT2D eigenvalue weighted by molar-refractivity contribution is 7.89. The molecule has 1 aliphatic rings. The molecule has 0 unspecified atom stereocenters. The molecule has 0 atom stereocenters. The van der Waals surface area contributed by atoms with Crippen LogP contribution in [0.2, 0.25) is 0 Å². The van der Waals surface area contributed by atoms with Crippen molar-refractivity contribution in [1.82, 2.24) is 9.29 Å². The number of thiazole rings is 1. The van der Waals surface area contributed by atoms with Gasteiger partial charge in [-0.2, -0.15) is 4.31 Å². The number of nitrogens with one attached hydrogen (secondary N) is 1. The van der Waals surface area contributed by atoms with Crippen molar-refractivity contribution < 1.29 is 13.2 Å². The van der Waals surface area contributed by atoms with E-state index < -0.39 is 10.0 Å². The van der Waals surface area contributed by atoms with Gasteiger partial charge >= 0.3 is 0 Å².